The summed E-state index contributed by atoms with van der Waals surface area (Å²) in [5.74, 6) is 0.761. The second-order valence-corrected chi connectivity index (χ2v) is 6.78. The Balaban J connectivity index is 2.13. The number of fused-ring (bicyclic) bond motifs is 1. The van der Waals surface area contributed by atoms with Crippen LogP contribution in [-0.2, 0) is 7.05 Å². The van der Waals surface area contributed by atoms with Crippen LogP contribution < -0.4 is 15.0 Å². The first-order valence-corrected chi connectivity index (χ1v) is 7.81. The molecule has 0 radical (unpaired) electrons. The lowest BCUT2D eigenvalue weighted by Gasteiger charge is -2.48. The quantitative estimate of drug-likeness (QED) is 0.893. The number of aliphatic hydroxyl groups is 1. The highest BCUT2D eigenvalue weighted by Gasteiger charge is 2.54. The van der Waals surface area contributed by atoms with E-state index in [1.54, 1.807) is 39.0 Å². The Morgan fingerprint density at radius 3 is 2.72 bits per heavy atom. The highest BCUT2D eigenvalue weighted by atomic mass is 16.5. The van der Waals surface area contributed by atoms with Gasteiger partial charge >= 0.3 is 0 Å². The summed E-state index contributed by atoms with van der Waals surface area (Å²) in [5.41, 5.74) is -1.73. The van der Waals surface area contributed by atoms with Gasteiger partial charge in [-0.25, -0.2) is 4.68 Å². The van der Waals surface area contributed by atoms with Crippen molar-refractivity contribution in [3.8, 4) is 17.6 Å². The molecule has 0 saturated heterocycles. The largest absolute Gasteiger partial charge is 0.484 e. The number of hydrogen-bond acceptors (Lipinski definition) is 6. The molecular formula is C18H19N3O4. The van der Waals surface area contributed by atoms with Crippen molar-refractivity contribution < 1.29 is 14.6 Å². The first-order chi connectivity index (χ1) is 11.7. The van der Waals surface area contributed by atoms with Gasteiger partial charge in [-0.1, -0.05) is 0 Å². The van der Waals surface area contributed by atoms with Gasteiger partial charge in [0.05, 0.1) is 17.8 Å². The van der Waals surface area contributed by atoms with Crippen molar-refractivity contribution >= 4 is 0 Å². The number of benzene rings is 1. The van der Waals surface area contributed by atoms with Crippen molar-refractivity contribution in [2.24, 2.45) is 7.05 Å². The third kappa shape index (κ3) is 2.75. The number of aromatic nitrogens is 2. The van der Waals surface area contributed by atoms with Crippen LogP contribution in [0.25, 0.3) is 0 Å². The molecule has 0 saturated carbocycles. The first kappa shape index (κ1) is 17.0. The van der Waals surface area contributed by atoms with Gasteiger partial charge in [-0.3, -0.25) is 4.79 Å². The monoisotopic (exact) mass is 341 g/mol. The predicted octanol–water partition coefficient (Wildman–Crippen LogP) is 1.69. The van der Waals surface area contributed by atoms with E-state index in [2.05, 4.69) is 11.2 Å². The maximum Gasteiger partial charge on any atom is 0.270 e. The molecule has 1 N–H and O–H groups in total. The summed E-state index contributed by atoms with van der Waals surface area (Å²) >= 11 is 0. The lowest BCUT2D eigenvalue weighted by Crippen LogP contribution is -2.59. The molecule has 1 aromatic heterocycles. The van der Waals surface area contributed by atoms with E-state index in [-0.39, 0.29) is 11.3 Å². The van der Waals surface area contributed by atoms with Gasteiger partial charge in [-0.05, 0) is 39.0 Å². The van der Waals surface area contributed by atoms with Crippen molar-refractivity contribution in [2.75, 3.05) is 0 Å². The van der Waals surface area contributed by atoms with Crippen LogP contribution in [0.4, 0.5) is 0 Å². The van der Waals surface area contributed by atoms with Crippen molar-refractivity contribution in [2.45, 2.75) is 38.1 Å². The fraction of sp³-hybridized carbons (Fsp3) is 0.389. The Bertz CT molecular complexity index is 925. The molecular weight excluding hydrogens is 322 g/mol. The van der Waals surface area contributed by atoms with Crippen LogP contribution in [-0.4, -0.2) is 26.1 Å². The SMILES string of the molecule is Cn1ncc(O[C@@H]2c3cc(C#N)ccc3OC(C)(C)[C@@]2(C)O)cc1=O. The van der Waals surface area contributed by atoms with Crippen LogP contribution in [0.1, 0.15) is 38.0 Å². The third-order valence-corrected chi connectivity index (χ3v) is 4.71. The molecule has 7 heteroatoms. The zero-order valence-corrected chi connectivity index (χ0v) is 14.5. The van der Waals surface area contributed by atoms with Gasteiger partial charge in [0.1, 0.15) is 22.7 Å². The average Bonchev–Trinajstić information content (AvgIpc) is 2.55. The summed E-state index contributed by atoms with van der Waals surface area (Å²) in [5, 5.41) is 24.2. The molecule has 0 aliphatic carbocycles. The average molecular weight is 341 g/mol. The second kappa shape index (κ2) is 5.60. The summed E-state index contributed by atoms with van der Waals surface area (Å²) in [6.07, 6.45) is 0.571. The molecule has 2 atom stereocenters. The predicted molar refractivity (Wildman–Crippen MR) is 89.3 cm³/mol. The molecule has 1 aliphatic rings. The van der Waals surface area contributed by atoms with Crippen LogP contribution in [0.3, 0.4) is 0 Å². The lowest BCUT2D eigenvalue weighted by atomic mass is 9.77. The van der Waals surface area contributed by atoms with E-state index < -0.39 is 17.3 Å². The van der Waals surface area contributed by atoms with E-state index in [0.29, 0.717) is 16.9 Å². The van der Waals surface area contributed by atoms with Crippen molar-refractivity contribution in [3.63, 3.8) is 0 Å². The minimum Gasteiger partial charge on any atom is -0.484 e. The fourth-order valence-electron chi connectivity index (χ4n) is 2.74. The summed E-state index contributed by atoms with van der Waals surface area (Å²) in [6, 6.07) is 8.32. The van der Waals surface area contributed by atoms with Crippen LogP contribution >= 0.6 is 0 Å². The Morgan fingerprint density at radius 2 is 2.08 bits per heavy atom. The number of rotatable bonds is 2. The molecule has 0 bridgehead atoms. The van der Waals surface area contributed by atoms with Crippen LogP contribution in [0.2, 0.25) is 0 Å². The number of nitriles is 1. The topological polar surface area (TPSA) is 97.4 Å². The van der Waals surface area contributed by atoms with E-state index >= 15 is 0 Å². The maximum atomic E-state index is 11.8. The molecule has 25 heavy (non-hydrogen) atoms. The van der Waals surface area contributed by atoms with E-state index in [4.69, 9.17) is 14.7 Å². The van der Waals surface area contributed by atoms with Gasteiger partial charge in [-0.15, -0.1) is 0 Å². The number of nitrogens with zero attached hydrogens (tertiary/aromatic N) is 3. The van der Waals surface area contributed by atoms with E-state index in [9.17, 15) is 9.90 Å². The standard InChI is InChI=1S/C18H19N3O4/c1-17(2)18(3,23)16(24-12-8-15(22)21(4)20-10-12)13-7-11(9-19)5-6-14(13)25-17/h5-8,10,16,23H,1-4H3/t16-,18+/m1/s1. The minimum atomic E-state index is -1.42. The maximum absolute atomic E-state index is 11.8. The van der Waals surface area contributed by atoms with Gasteiger partial charge in [0.15, 0.2) is 6.10 Å². The minimum absolute atomic E-state index is 0.236. The van der Waals surface area contributed by atoms with Gasteiger partial charge in [-0.2, -0.15) is 10.4 Å². The van der Waals surface area contributed by atoms with Gasteiger partial charge in [0.2, 0.25) is 0 Å². The molecule has 3 rings (SSSR count). The molecule has 2 aromatic rings. The molecule has 7 nitrogen and oxygen atoms in total. The Kier molecular flexibility index (Phi) is 3.81. The number of hydrogen-bond donors (Lipinski definition) is 1. The zero-order valence-electron chi connectivity index (χ0n) is 14.5. The lowest BCUT2D eigenvalue weighted by molar-refractivity contribution is -0.174. The van der Waals surface area contributed by atoms with Crippen molar-refractivity contribution in [3.05, 3.63) is 51.9 Å². The van der Waals surface area contributed by atoms with Gasteiger partial charge in [0, 0.05) is 18.7 Å². The molecule has 1 aromatic carbocycles. The van der Waals surface area contributed by atoms with Gasteiger partial charge in [0.25, 0.3) is 5.56 Å². The normalized spacial score (nSPS) is 23.9. The first-order valence-electron chi connectivity index (χ1n) is 7.81. The fourth-order valence-corrected chi connectivity index (χ4v) is 2.74. The van der Waals surface area contributed by atoms with E-state index in [1.807, 2.05) is 0 Å². The zero-order chi connectivity index (χ0) is 18.4. The Hall–Kier alpha value is -2.85. The Labute approximate surface area is 145 Å². The molecule has 2 heterocycles. The summed E-state index contributed by atoms with van der Waals surface area (Å²) in [4.78, 5) is 11.8. The van der Waals surface area contributed by atoms with Crippen LogP contribution in [0, 0.1) is 11.3 Å². The van der Waals surface area contributed by atoms with E-state index in [0.717, 1.165) is 0 Å². The van der Waals surface area contributed by atoms with Gasteiger partial charge < -0.3 is 14.6 Å². The van der Waals surface area contributed by atoms with Crippen molar-refractivity contribution in [1.29, 1.82) is 5.26 Å². The second-order valence-electron chi connectivity index (χ2n) is 6.78. The Morgan fingerprint density at radius 1 is 1.36 bits per heavy atom. The highest BCUT2D eigenvalue weighted by molar-refractivity contribution is 5.47. The molecule has 0 fully saturated rings. The molecule has 130 valence electrons. The number of ether oxygens (including phenoxy) is 2. The van der Waals surface area contributed by atoms with Crippen molar-refractivity contribution in [1.82, 2.24) is 9.78 Å². The molecule has 0 amide bonds. The van der Waals surface area contributed by atoms with E-state index in [1.165, 1.54) is 24.0 Å². The summed E-state index contributed by atoms with van der Waals surface area (Å²) in [6.45, 7) is 5.12. The highest BCUT2D eigenvalue weighted by Crippen LogP contribution is 2.48. The molecule has 0 spiro atoms. The van der Waals surface area contributed by atoms with Crippen LogP contribution in [0.15, 0.2) is 35.3 Å². The smallest absolute Gasteiger partial charge is 0.270 e. The number of aryl methyl sites for hydroxylation is 1. The summed E-state index contributed by atoms with van der Waals surface area (Å²) < 4.78 is 13.1. The third-order valence-electron chi connectivity index (χ3n) is 4.71. The summed E-state index contributed by atoms with van der Waals surface area (Å²) in [7, 11) is 1.54. The molecule has 0 unspecified atom stereocenters. The molecule has 1 aliphatic heterocycles. The van der Waals surface area contributed by atoms with Crippen LogP contribution in [0.5, 0.6) is 11.5 Å².